The van der Waals surface area contributed by atoms with Crippen LogP contribution in [0.4, 0.5) is 0 Å². The SMILES string of the molecule is CC(CCC(C)c1ccc2ncoc2c1)c1ccc2ccoc2c1. The van der Waals surface area contributed by atoms with Crippen molar-refractivity contribution in [2.45, 2.75) is 38.5 Å². The predicted octanol–water partition coefficient (Wildman–Crippen LogP) is 6.26. The van der Waals surface area contributed by atoms with Crippen LogP contribution in [-0.4, -0.2) is 4.98 Å². The smallest absolute Gasteiger partial charge is 0.181 e. The van der Waals surface area contributed by atoms with Gasteiger partial charge in [0.1, 0.15) is 11.1 Å². The first-order chi connectivity index (χ1) is 11.7. The molecule has 0 saturated heterocycles. The summed E-state index contributed by atoms with van der Waals surface area (Å²) in [5.74, 6) is 1.00. The Kier molecular flexibility index (Phi) is 3.85. The Hall–Kier alpha value is -2.55. The maximum atomic E-state index is 5.52. The van der Waals surface area contributed by atoms with Gasteiger partial charge in [-0.3, -0.25) is 0 Å². The molecule has 0 radical (unpaired) electrons. The molecule has 24 heavy (non-hydrogen) atoms. The van der Waals surface area contributed by atoms with Crippen molar-refractivity contribution in [2.75, 3.05) is 0 Å². The van der Waals surface area contributed by atoms with Crippen molar-refractivity contribution >= 4 is 22.1 Å². The predicted molar refractivity (Wildman–Crippen MR) is 96.3 cm³/mol. The van der Waals surface area contributed by atoms with Gasteiger partial charge in [-0.05, 0) is 60.1 Å². The van der Waals surface area contributed by atoms with E-state index in [2.05, 4.69) is 49.2 Å². The highest BCUT2D eigenvalue weighted by Crippen LogP contribution is 2.30. The number of furan rings is 1. The molecule has 3 nitrogen and oxygen atoms in total. The largest absolute Gasteiger partial charge is 0.464 e. The molecule has 0 saturated carbocycles. The summed E-state index contributed by atoms with van der Waals surface area (Å²) in [5.41, 5.74) is 5.42. The van der Waals surface area contributed by atoms with Crippen molar-refractivity contribution in [2.24, 2.45) is 0 Å². The third-order valence-electron chi connectivity index (χ3n) is 5.01. The fourth-order valence-electron chi connectivity index (χ4n) is 3.29. The lowest BCUT2D eigenvalue weighted by Crippen LogP contribution is -1.99. The molecule has 2 heterocycles. The lowest BCUT2D eigenvalue weighted by Gasteiger charge is -2.16. The molecular weight excluding hydrogens is 298 g/mol. The molecule has 2 aromatic carbocycles. The molecule has 2 unspecified atom stereocenters. The maximum absolute atomic E-state index is 5.52. The van der Waals surface area contributed by atoms with Crippen LogP contribution < -0.4 is 0 Å². The fourth-order valence-corrected chi connectivity index (χ4v) is 3.29. The molecular formula is C21H21NO2. The van der Waals surface area contributed by atoms with Gasteiger partial charge in [0.15, 0.2) is 12.0 Å². The molecule has 0 aliphatic rings. The van der Waals surface area contributed by atoms with E-state index in [0.29, 0.717) is 11.8 Å². The van der Waals surface area contributed by atoms with Crippen LogP contribution in [-0.2, 0) is 0 Å². The van der Waals surface area contributed by atoms with Gasteiger partial charge in [0, 0.05) is 5.39 Å². The number of aromatic nitrogens is 1. The van der Waals surface area contributed by atoms with E-state index in [1.807, 2.05) is 12.1 Å². The van der Waals surface area contributed by atoms with Gasteiger partial charge >= 0.3 is 0 Å². The number of hydrogen-bond donors (Lipinski definition) is 0. The fraction of sp³-hybridized carbons (Fsp3) is 0.286. The van der Waals surface area contributed by atoms with E-state index in [9.17, 15) is 0 Å². The van der Waals surface area contributed by atoms with Crippen molar-refractivity contribution in [1.82, 2.24) is 4.98 Å². The van der Waals surface area contributed by atoms with Gasteiger partial charge in [0.25, 0.3) is 0 Å². The molecule has 2 aromatic heterocycles. The van der Waals surface area contributed by atoms with Crippen molar-refractivity contribution in [3.8, 4) is 0 Å². The summed E-state index contributed by atoms with van der Waals surface area (Å²) in [6.45, 7) is 4.57. The van der Waals surface area contributed by atoms with Gasteiger partial charge in [-0.15, -0.1) is 0 Å². The molecule has 0 spiro atoms. The molecule has 0 aliphatic carbocycles. The van der Waals surface area contributed by atoms with Crippen LogP contribution in [0.5, 0.6) is 0 Å². The second-order valence-corrected chi connectivity index (χ2v) is 6.68. The number of rotatable bonds is 5. The number of nitrogens with zero attached hydrogens (tertiary/aromatic N) is 1. The second-order valence-electron chi connectivity index (χ2n) is 6.68. The molecule has 0 amide bonds. The summed E-state index contributed by atoms with van der Waals surface area (Å²) >= 11 is 0. The number of fused-ring (bicyclic) bond motifs is 2. The van der Waals surface area contributed by atoms with E-state index in [1.54, 1.807) is 6.26 Å². The highest BCUT2D eigenvalue weighted by molar-refractivity contribution is 5.77. The Morgan fingerprint density at radius 2 is 1.54 bits per heavy atom. The zero-order valence-electron chi connectivity index (χ0n) is 14.0. The topological polar surface area (TPSA) is 39.2 Å². The minimum absolute atomic E-state index is 0.495. The van der Waals surface area contributed by atoms with Crippen LogP contribution in [0.1, 0.15) is 49.7 Å². The summed E-state index contributed by atoms with van der Waals surface area (Å²) in [6.07, 6.45) is 5.53. The number of oxazole rings is 1. The number of hydrogen-bond acceptors (Lipinski definition) is 3. The van der Waals surface area contributed by atoms with Crippen molar-refractivity contribution < 1.29 is 8.83 Å². The van der Waals surface area contributed by atoms with E-state index in [-0.39, 0.29) is 0 Å². The van der Waals surface area contributed by atoms with Crippen LogP contribution in [0.3, 0.4) is 0 Å². The molecule has 4 aromatic rings. The Morgan fingerprint density at radius 1 is 0.833 bits per heavy atom. The molecule has 122 valence electrons. The highest BCUT2D eigenvalue weighted by atomic mass is 16.3. The first-order valence-corrected chi connectivity index (χ1v) is 8.51. The van der Waals surface area contributed by atoms with Gasteiger partial charge in [0.05, 0.1) is 6.26 Å². The summed E-state index contributed by atoms with van der Waals surface area (Å²) < 4.78 is 10.9. The Morgan fingerprint density at radius 3 is 2.33 bits per heavy atom. The van der Waals surface area contributed by atoms with E-state index in [4.69, 9.17) is 8.83 Å². The quantitative estimate of drug-likeness (QED) is 0.435. The van der Waals surface area contributed by atoms with Crippen LogP contribution in [0.15, 0.2) is 64.0 Å². The summed E-state index contributed by atoms with van der Waals surface area (Å²) in [7, 11) is 0. The van der Waals surface area contributed by atoms with Crippen LogP contribution >= 0.6 is 0 Å². The first kappa shape index (κ1) is 15.0. The van der Waals surface area contributed by atoms with E-state index >= 15 is 0 Å². The third-order valence-corrected chi connectivity index (χ3v) is 5.01. The minimum Gasteiger partial charge on any atom is -0.464 e. The molecule has 0 fully saturated rings. The zero-order valence-corrected chi connectivity index (χ0v) is 14.0. The van der Waals surface area contributed by atoms with Crippen molar-refractivity contribution in [3.63, 3.8) is 0 Å². The molecule has 0 aliphatic heterocycles. The van der Waals surface area contributed by atoms with Crippen LogP contribution in [0, 0.1) is 0 Å². The molecule has 4 rings (SSSR count). The van der Waals surface area contributed by atoms with Crippen LogP contribution in [0.25, 0.3) is 22.1 Å². The molecule has 0 N–H and O–H groups in total. The lowest BCUT2D eigenvalue weighted by atomic mass is 9.89. The Labute approximate surface area is 141 Å². The zero-order chi connectivity index (χ0) is 16.5. The monoisotopic (exact) mass is 319 g/mol. The Balaban J connectivity index is 1.44. The van der Waals surface area contributed by atoms with E-state index in [0.717, 1.165) is 29.5 Å². The first-order valence-electron chi connectivity index (χ1n) is 8.51. The average Bonchev–Trinajstić information content (AvgIpc) is 3.26. The van der Waals surface area contributed by atoms with Gasteiger partial charge in [-0.2, -0.15) is 0 Å². The van der Waals surface area contributed by atoms with Gasteiger partial charge in [-0.25, -0.2) is 4.98 Å². The van der Waals surface area contributed by atoms with Crippen molar-refractivity contribution in [1.29, 1.82) is 0 Å². The minimum atomic E-state index is 0.495. The van der Waals surface area contributed by atoms with E-state index < -0.39 is 0 Å². The van der Waals surface area contributed by atoms with Crippen molar-refractivity contribution in [3.05, 3.63) is 66.2 Å². The lowest BCUT2D eigenvalue weighted by molar-refractivity contribution is 0.569. The maximum Gasteiger partial charge on any atom is 0.181 e. The van der Waals surface area contributed by atoms with Gasteiger partial charge in [-0.1, -0.05) is 32.0 Å². The average molecular weight is 319 g/mol. The summed E-state index contributed by atoms with van der Waals surface area (Å²) in [4.78, 5) is 4.18. The molecule has 2 atom stereocenters. The van der Waals surface area contributed by atoms with Crippen LogP contribution in [0.2, 0.25) is 0 Å². The summed E-state index contributed by atoms with van der Waals surface area (Å²) in [6, 6.07) is 14.9. The molecule has 0 bridgehead atoms. The van der Waals surface area contributed by atoms with Gasteiger partial charge < -0.3 is 8.83 Å². The van der Waals surface area contributed by atoms with Gasteiger partial charge in [0.2, 0.25) is 0 Å². The Bertz CT molecular complexity index is 886. The van der Waals surface area contributed by atoms with E-state index in [1.165, 1.54) is 22.9 Å². The third kappa shape index (κ3) is 2.82. The summed E-state index contributed by atoms with van der Waals surface area (Å²) in [5, 5.41) is 1.17. The standard InChI is InChI=1S/C21H21NO2/c1-14(17-6-5-16-9-10-23-20(16)11-17)3-4-15(2)18-7-8-19-21(12-18)24-13-22-19/h5-15H,3-4H2,1-2H3. The molecule has 3 heteroatoms. The highest BCUT2D eigenvalue weighted by Gasteiger charge is 2.12. The normalized spacial score (nSPS) is 14.2. The number of benzene rings is 2. The second kappa shape index (κ2) is 6.16.